The van der Waals surface area contributed by atoms with Gasteiger partial charge in [-0.2, -0.15) is 0 Å². The standard InChI is InChI=1S/C15H15N3O/c1-10-8-12(19-3)4-5-13(10)15-11(2)17-14-9-16-6-7-18(14)15/h4-9H,1-3H3. The zero-order chi connectivity index (χ0) is 13.4. The summed E-state index contributed by atoms with van der Waals surface area (Å²) in [6.07, 6.45) is 5.49. The lowest BCUT2D eigenvalue weighted by Crippen LogP contribution is -1.93. The van der Waals surface area contributed by atoms with Gasteiger partial charge in [-0.25, -0.2) is 4.98 Å². The van der Waals surface area contributed by atoms with E-state index in [-0.39, 0.29) is 0 Å². The fourth-order valence-corrected chi connectivity index (χ4v) is 2.38. The van der Waals surface area contributed by atoms with Crippen LogP contribution in [0.3, 0.4) is 0 Å². The monoisotopic (exact) mass is 253 g/mol. The Morgan fingerprint density at radius 1 is 1.21 bits per heavy atom. The normalized spacial score (nSPS) is 10.9. The smallest absolute Gasteiger partial charge is 0.156 e. The maximum atomic E-state index is 5.25. The first kappa shape index (κ1) is 11.7. The van der Waals surface area contributed by atoms with Gasteiger partial charge >= 0.3 is 0 Å². The second-order valence-corrected chi connectivity index (χ2v) is 4.53. The Labute approximate surface area is 111 Å². The van der Waals surface area contributed by atoms with Gasteiger partial charge in [-0.15, -0.1) is 0 Å². The van der Waals surface area contributed by atoms with Crippen molar-refractivity contribution in [1.82, 2.24) is 14.4 Å². The molecule has 0 radical (unpaired) electrons. The summed E-state index contributed by atoms with van der Waals surface area (Å²) < 4.78 is 7.32. The highest BCUT2D eigenvalue weighted by atomic mass is 16.5. The van der Waals surface area contributed by atoms with Gasteiger partial charge in [-0.1, -0.05) is 0 Å². The van der Waals surface area contributed by atoms with Gasteiger partial charge in [0.25, 0.3) is 0 Å². The van der Waals surface area contributed by atoms with Crippen LogP contribution in [0.5, 0.6) is 5.75 Å². The van der Waals surface area contributed by atoms with Crippen LogP contribution in [0.2, 0.25) is 0 Å². The number of ether oxygens (including phenoxy) is 1. The predicted octanol–water partition coefficient (Wildman–Crippen LogP) is 3.02. The maximum Gasteiger partial charge on any atom is 0.156 e. The van der Waals surface area contributed by atoms with Crippen LogP contribution in [-0.4, -0.2) is 21.5 Å². The molecular weight excluding hydrogens is 238 g/mol. The quantitative estimate of drug-likeness (QED) is 0.704. The van der Waals surface area contributed by atoms with Crippen LogP contribution in [0.15, 0.2) is 36.8 Å². The minimum Gasteiger partial charge on any atom is -0.497 e. The highest BCUT2D eigenvalue weighted by Gasteiger charge is 2.13. The Bertz CT molecular complexity index is 746. The molecule has 4 heteroatoms. The highest BCUT2D eigenvalue weighted by molar-refractivity contribution is 5.70. The summed E-state index contributed by atoms with van der Waals surface area (Å²) in [7, 11) is 1.68. The third-order valence-corrected chi connectivity index (χ3v) is 3.29. The van der Waals surface area contributed by atoms with Crippen LogP contribution in [-0.2, 0) is 0 Å². The highest BCUT2D eigenvalue weighted by Crippen LogP contribution is 2.29. The molecule has 2 heterocycles. The third kappa shape index (κ3) is 1.85. The number of aryl methyl sites for hydroxylation is 2. The van der Waals surface area contributed by atoms with E-state index in [0.717, 1.165) is 28.3 Å². The van der Waals surface area contributed by atoms with Crippen LogP contribution in [0, 0.1) is 13.8 Å². The van der Waals surface area contributed by atoms with Crippen molar-refractivity contribution in [3.8, 4) is 17.0 Å². The van der Waals surface area contributed by atoms with Gasteiger partial charge in [0.2, 0.25) is 0 Å². The number of hydrogen-bond acceptors (Lipinski definition) is 3. The first-order valence-electron chi connectivity index (χ1n) is 6.14. The molecule has 2 aromatic heterocycles. The summed E-state index contributed by atoms with van der Waals surface area (Å²) in [4.78, 5) is 8.65. The summed E-state index contributed by atoms with van der Waals surface area (Å²) >= 11 is 0. The first-order valence-corrected chi connectivity index (χ1v) is 6.14. The maximum absolute atomic E-state index is 5.25. The number of imidazole rings is 1. The van der Waals surface area contributed by atoms with E-state index in [0.29, 0.717) is 0 Å². The van der Waals surface area contributed by atoms with Crippen LogP contribution < -0.4 is 4.74 Å². The summed E-state index contributed by atoms with van der Waals surface area (Å²) in [6.45, 7) is 4.10. The van der Waals surface area contributed by atoms with Gasteiger partial charge in [-0.3, -0.25) is 9.38 Å². The molecule has 0 aliphatic rings. The largest absolute Gasteiger partial charge is 0.497 e. The third-order valence-electron chi connectivity index (χ3n) is 3.29. The molecule has 0 bridgehead atoms. The average Bonchev–Trinajstić information content (AvgIpc) is 2.75. The van der Waals surface area contributed by atoms with Crippen LogP contribution >= 0.6 is 0 Å². The van der Waals surface area contributed by atoms with Crippen molar-refractivity contribution < 1.29 is 4.74 Å². The Balaban J connectivity index is 2.27. The topological polar surface area (TPSA) is 39.4 Å². The number of rotatable bonds is 2. The van der Waals surface area contributed by atoms with Crippen LogP contribution in [0.1, 0.15) is 11.3 Å². The minimum atomic E-state index is 0.866. The second-order valence-electron chi connectivity index (χ2n) is 4.53. The lowest BCUT2D eigenvalue weighted by atomic mass is 10.0. The number of fused-ring (bicyclic) bond motifs is 1. The second kappa shape index (κ2) is 4.39. The first-order chi connectivity index (χ1) is 9.20. The SMILES string of the molecule is COc1ccc(-c2c(C)nc3cnccn23)c(C)c1. The molecule has 4 nitrogen and oxygen atoms in total. The van der Waals surface area contributed by atoms with Crippen molar-refractivity contribution in [2.45, 2.75) is 13.8 Å². The molecule has 0 saturated carbocycles. The van der Waals surface area contributed by atoms with Crippen molar-refractivity contribution in [3.05, 3.63) is 48.0 Å². The summed E-state index contributed by atoms with van der Waals surface area (Å²) in [5, 5.41) is 0. The Hall–Kier alpha value is -2.36. The molecule has 0 aliphatic heterocycles. The average molecular weight is 253 g/mol. The summed E-state index contributed by atoms with van der Waals surface area (Å²) in [6, 6.07) is 6.09. The Morgan fingerprint density at radius 3 is 2.79 bits per heavy atom. The van der Waals surface area contributed by atoms with E-state index in [1.54, 1.807) is 19.5 Å². The molecule has 0 atom stereocenters. The number of aromatic nitrogens is 3. The van der Waals surface area contributed by atoms with Crippen LogP contribution in [0.25, 0.3) is 16.9 Å². The molecule has 0 amide bonds. The van der Waals surface area contributed by atoms with Gasteiger partial charge in [0.15, 0.2) is 5.65 Å². The van der Waals surface area contributed by atoms with Gasteiger partial charge in [-0.05, 0) is 37.6 Å². The van der Waals surface area contributed by atoms with E-state index < -0.39 is 0 Å². The van der Waals surface area contributed by atoms with Gasteiger partial charge < -0.3 is 4.74 Å². The fraction of sp³-hybridized carbons (Fsp3) is 0.200. The van der Waals surface area contributed by atoms with Crippen molar-refractivity contribution in [1.29, 1.82) is 0 Å². The van der Waals surface area contributed by atoms with E-state index in [9.17, 15) is 0 Å². The lowest BCUT2D eigenvalue weighted by molar-refractivity contribution is 0.414. The number of methoxy groups -OCH3 is 1. The van der Waals surface area contributed by atoms with Crippen molar-refractivity contribution in [2.24, 2.45) is 0 Å². The molecule has 96 valence electrons. The minimum absolute atomic E-state index is 0.866. The molecule has 0 spiro atoms. The van der Waals surface area contributed by atoms with Crippen LogP contribution in [0.4, 0.5) is 0 Å². The van der Waals surface area contributed by atoms with Crippen molar-refractivity contribution >= 4 is 5.65 Å². The molecular formula is C15H15N3O. The lowest BCUT2D eigenvalue weighted by Gasteiger charge is -2.09. The van der Waals surface area contributed by atoms with E-state index in [1.807, 2.05) is 25.3 Å². The van der Waals surface area contributed by atoms with Gasteiger partial charge in [0.1, 0.15) is 5.75 Å². The molecule has 0 saturated heterocycles. The van der Waals surface area contributed by atoms with Crippen molar-refractivity contribution in [3.63, 3.8) is 0 Å². The van der Waals surface area contributed by atoms with Gasteiger partial charge in [0.05, 0.1) is 24.7 Å². The Kier molecular flexibility index (Phi) is 2.71. The Morgan fingerprint density at radius 2 is 2.05 bits per heavy atom. The molecule has 3 rings (SSSR count). The number of nitrogens with zero attached hydrogens (tertiary/aromatic N) is 3. The van der Waals surface area contributed by atoms with Crippen molar-refractivity contribution in [2.75, 3.05) is 7.11 Å². The molecule has 3 aromatic rings. The molecule has 0 fully saturated rings. The zero-order valence-corrected chi connectivity index (χ0v) is 11.2. The van der Waals surface area contributed by atoms with E-state index in [4.69, 9.17) is 4.74 Å². The van der Waals surface area contributed by atoms with E-state index in [2.05, 4.69) is 27.4 Å². The predicted molar refractivity (Wildman–Crippen MR) is 74.4 cm³/mol. The number of benzene rings is 1. The molecule has 0 N–H and O–H groups in total. The zero-order valence-electron chi connectivity index (χ0n) is 11.2. The van der Waals surface area contributed by atoms with E-state index >= 15 is 0 Å². The molecule has 0 aliphatic carbocycles. The summed E-state index contributed by atoms with van der Waals surface area (Å²) in [5.74, 6) is 0.870. The molecule has 0 unspecified atom stereocenters. The number of hydrogen-bond donors (Lipinski definition) is 0. The molecule has 19 heavy (non-hydrogen) atoms. The van der Waals surface area contributed by atoms with Gasteiger partial charge in [0, 0.05) is 18.0 Å². The molecule has 1 aromatic carbocycles. The summed E-state index contributed by atoms with van der Waals surface area (Å²) in [5.41, 5.74) is 5.31. The van der Waals surface area contributed by atoms with E-state index in [1.165, 1.54) is 5.56 Å². The fourth-order valence-electron chi connectivity index (χ4n) is 2.38.